The molecule has 19 heavy (non-hydrogen) atoms. The van der Waals surface area contributed by atoms with Gasteiger partial charge in [-0.2, -0.15) is 0 Å². The van der Waals surface area contributed by atoms with Crippen LogP contribution in [0.25, 0.3) is 0 Å². The Labute approximate surface area is 115 Å². The van der Waals surface area contributed by atoms with Crippen LogP contribution < -0.4 is 0 Å². The normalized spacial score (nSPS) is 49.2. The number of Topliss-reactive ketones (excluding diaryl/α,β-unsaturated/α-hetero) is 1. The number of ether oxygens (including phenoxy) is 1. The van der Waals surface area contributed by atoms with Crippen molar-refractivity contribution in [2.45, 2.75) is 75.9 Å². The molecule has 0 radical (unpaired) electrons. The molecule has 2 aliphatic heterocycles. The van der Waals surface area contributed by atoms with Gasteiger partial charge < -0.3 is 4.74 Å². The predicted molar refractivity (Wildman–Crippen MR) is 73.8 cm³/mol. The second kappa shape index (κ2) is 4.18. The maximum atomic E-state index is 13.2. The Morgan fingerprint density at radius 2 is 1.79 bits per heavy atom. The molecule has 2 saturated carbocycles. The molecule has 0 aromatic carbocycles. The molecule has 0 amide bonds. The molecule has 3 fully saturated rings. The minimum atomic E-state index is -0.204. The van der Waals surface area contributed by atoms with Gasteiger partial charge in [0.25, 0.3) is 0 Å². The van der Waals surface area contributed by atoms with Crippen LogP contribution in [-0.4, -0.2) is 17.5 Å². The summed E-state index contributed by atoms with van der Waals surface area (Å²) in [6.45, 7) is 0. The third kappa shape index (κ3) is 1.50. The average Bonchev–Trinajstić information content (AvgIpc) is 2.97. The van der Waals surface area contributed by atoms with Crippen LogP contribution in [0.2, 0.25) is 0 Å². The summed E-state index contributed by atoms with van der Waals surface area (Å²) in [5.41, 5.74) is -0.358. The monoisotopic (exact) mass is 260 g/mol. The van der Waals surface area contributed by atoms with E-state index in [0.29, 0.717) is 5.78 Å². The van der Waals surface area contributed by atoms with Gasteiger partial charge in [-0.15, -0.1) is 0 Å². The number of fused-ring (bicyclic) bond motifs is 3. The number of hydrogen-bond acceptors (Lipinski definition) is 2. The minimum Gasteiger partial charge on any atom is -0.362 e. The lowest BCUT2D eigenvalue weighted by molar-refractivity contribution is -0.180. The summed E-state index contributed by atoms with van der Waals surface area (Å²) < 4.78 is 6.44. The Morgan fingerprint density at radius 3 is 2.74 bits per heavy atom. The van der Waals surface area contributed by atoms with Gasteiger partial charge in [0.2, 0.25) is 0 Å². The first kappa shape index (κ1) is 12.1. The molecule has 104 valence electrons. The maximum absolute atomic E-state index is 13.2. The van der Waals surface area contributed by atoms with E-state index in [-0.39, 0.29) is 23.0 Å². The first-order chi connectivity index (χ1) is 9.28. The Morgan fingerprint density at radius 1 is 1.00 bits per heavy atom. The number of carbonyl (C=O) groups is 1. The SMILES string of the molecule is O=C1[C@@H]2CCCCCCC[C@@]13CCC[C@]31C=C[C@H]2O1. The van der Waals surface area contributed by atoms with E-state index in [1.807, 2.05) is 0 Å². The summed E-state index contributed by atoms with van der Waals surface area (Å²) in [5, 5.41) is 0. The highest BCUT2D eigenvalue weighted by molar-refractivity contribution is 5.91. The molecule has 2 nitrogen and oxygen atoms in total. The van der Waals surface area contributed by atoms with Gasteiger partial charge in [-0.3, -0.25) is 4.79 Å². The van der Waals surface area contributed by atoms with Crippen molar-refractivity contribution in [3.05, 3.63) is 12.2 Å². The molecule has 4 rings (SSSR count). The van der Waals surface area contributed by atoms with E-state index in [0.717, 1.165) is 32.1 Å². The quantitative estimate of drug-likeness (QED) is 0.619. The molecule has 0 N–H and O–H groups in total. The van der Waals surface area contributed by atoms with Gasteiger partial charge in [0.1, 0.15) is 5.78 Å². The molecule has 2 spiro atoms. The molecule has 2 heterocycles. The number of rotatable bonds is 0. The third-order valence-corrected chi connectivity index (χ3v) is 6.19. The standard InChI is InChI=1S/C17H24O2/c18-15-13-7-4-2-1-3-5-9-16(15)10-6-11-17(16)12-8-14(13)19-17/h8,12-14H,1-7,9-11H2/t13-,14-,16-,17+/m1/s1. The Hall–Kier alpha value is -0.630. The molecule has 4 aliphatic rings. The van der Waals surface area contributed by atoms with Gasteiger partial charge in [-0.05, 0) is 32.1 Å². The highest BCUT2D eigenvalue weighted by atomic mass is 16.5. The molecular weight excluding hydrogens is 236 g/mol. The van der Waals surface area contributed by atoms with Crippen LogP contribution in [0.4, 0.5) is 0 Å². The molecule has 0 aromatic rings. The summed E-state index contributed by atoms with van der Waals surface area (Å²) >= 11 is 0. The Balaban J connectivity index is 1.77. The highest BCUT2D eigenvalue weighted by Crippen LogP contribution is 2.61. The van der Waals surface area contributed by atoms with Crippen molar-refractivity contribution in [2.24, 2.45) is 11.3 Å². The van der Waals surface area contributed by atoms with Crippen LogP contribution in [0.3, 0.4) is 0 Å². The molecule has 4 bridgehead atoms. The lowest BCUT2D eigenvalue weighted by atomic mass is 9.63. The average molecular weight is 260 g/mol. The van der Waals surface area contributed by atoms with Crippen molar-refractivity contribution >= 4 is 5.78 Å². The fourth-order valence-electron chi connectivity index (χ4n) is 5.22. The summed E-state index contributed by atoms with van der Waals surface area (Å²) in [5.74, 6) is 0.719. The van der Waals surface area contributed by atoms with Gasteiger partial charge in [-0.1, -0.05) is 44.3 Å². The second-order valence-electron chi connectivity index (χ2n) is 7.04. The summed E-state index contributed by atoms with van der Waals surface area (Å²) in [7, 11) is 0. The van der Waals surface area contributed by atoms with E-state index in [2.05, 4.69) is 12.2 Å². The molecule has 2 aliphatic carbocycles. The molecular formula is C17H24O2. The fraction of sp³-hybridized carbons (Fsp3) is 0.824. The van der Waals surface area contributed by atoms with E-state index in [1.165, 1.54) is 32.1 Å². The maximum Gasteiger partial charge on any atom is 0.148 e. The zero-order chi connectivity index (χ0) is 12.9. The van der Waals surface area contributed by atoms with Crippen molar-refractivity contribution in [1.82, 2.24) is 0 Å². The molecule has 4 atom stereocenters. The Bertz CT molecular complexity index is 427. The smallest absolute Gasteiger partial charge is 0.148 e. The first-order valence-electron chi connectivity index (χ1n) is 8.19. The largest absolute Gasteiger partial charge is 0.362 e. The van der Waals surface area contributed by atoms with Crippen LogP contribution in [0.1, 0.15) is 64.2 Å². The molecule has 2 heteroatoms. The van der Waals surface area contributed by atoms with Crippen molar-refractivity contribution < 1.29 is 9.53 Å². The van der Waals surface area contributed by atoms with E-state index < -0.39 is 0 Å². The molecule has 0 aromatic heterocycles. The van der Waals surface area contributed by atoms with E-state index in [1.54, 1.807) is 0 Å². The van der Waals surface area contributed by atoms with E-state index in [4.69, 9.17) is 4.74 Å². The Kier molecular flexibility index (Phi) is 2.67. The zero-order valence-corrected chi connectivity index (χ0v) is 11.7. The molecule has 0 unspecified atom stereocenters. The number of hydrogen-bond donors (Lipinski definition) is 0. The first-order valence-corrected chi connectivity index (χ1v) is 8.19. The van der Waals surface area contributed by atoms with Crippen LogP contribution in [-0.2, 0) is 9.53 Å². The summed E-state index contributed by atoms with van der Waals surface area (Å²) in [4.78, 5) is 13.2. The number of ketones is 1. The summed E-state index contributed by atoms with van der Waals surface area (Å²) in [6.07, 6.45) is 16.4. The fourth-order valence-corrected chi connectivity index (χ4v) is 5.22. The van der Waals surface area contributed by atoms with E-state index >= 15 is 0 Å². The van der Waals surface area contributed by atoms with Gasteiger partial charge >= 0.3 is 0 Å². The van der Waals surface area contributed by atoms with Crippen LogP contribution in [0.15, 0.2) is 12.2 Å². The van der Waals surface area contributed by atoms with Crippen molar-refractivity contribution in [1.29, 1.82) is 0 Å². The minimum absolute atomic E-state index is 0.0955. The topological polar surface area (TPSA) is 26.3 Å². The predicted octanol–water partition coefficient (Wildman–Crippen LogP) is 3.79. The van der Waals surface area contributed by atoms with Crippen molar-refractivity contribution in [2.75, 3.05) is 0 Å². The van der Waals surface area contributed by atoms with Gasteiger partial charge in [-0.25, -0.2) is 0 Å². The van der Waals surface area contributed by atoms with Crippen molar-refractivity contribution in [3.63, 3.8) is 0 Å². The lowest BCUT2D eigenvalue weighted by Gasteiger charge is -2.49. The van der Waals surface area contributed by atoms with Crippen molar-refractivity contribution in [3.8, 4) is 0 Å². The van der Waals surface area contributed by atoms with Gasteiger partial charge in [0.15, 0.2) is 0 Å². The highest BCUT2D eigenvalue weighted by Gasteiger charge is 2.66. The van der Waals surface area contributed by atoms with Crippen LogP contribution >= 0.6 is 0 Å². The summed E-state index contributed by atoms with van der Waals surface area (Å²) in [6, 6.07) is 0. The second-order valence-corrected chi connectivity index (χ2v) is 7.04. The van der Waals surface area contributed by atoms with Crippen LogP contribution in [0, 0.1) is 11.3 Å². The third-order valence-electron chi connectivity index (χ3n) is 6.19. The van der Waals surface area contributed by atoms with E-state index in [9.17, 15) is 4.79 Å². The number of carbonyl (C=O) groups excluding carboxylic acids is 1. The van der Waals surface area contributed by atoms with Gasteiger partial charge in [0, 0.05) is 5.92 Å². The van der Waals surface area contributed by atoms with Crippen LogP contribution in [0.5, 0.6) is 0 Å². The molecule has 1 saturated heterocycles. The lowest BCUT2D eigenvalue weighted by Crippen LogP contribution is -2.57. The zero-order valence-electron chi connectivity index (χ0n) is 11.7. The van der Waals surface area contributed by atoms with Gasteiger partial charge in [0.05, 0.1) is 17.1 Å².